The summed E-state index contributed by atoms with van der Waals surface area (Å²) in [6.07, 6.45) is 5.31. The maximum Gasteiger partial charge on any atom is 0.243 e. The Morgan fingerprint density at radius 2 is 2.20 bits per heavy atom. The molecular formula is C7H11NOS. The van der Waals surface area contributed by atoms with Crippen molar-refractivity contribution in [3.8, 4) is 0 Å². The Bertz CT molecular complexity index is 169. The number of rotatable bonds is 0. The molecule has 1 aliphatic heterocycles. The number of hydrogen-bond acceptors (Lipinski definition) is 2. The minimum atomic E-state index is 0.362. The molecule has 0 aromatic carbocycles. The van der Waals surface area contributed by atoms with Crippen molar-refractivity contribution in [3.05, 3.63) is 0 Å². The van der Waals surface area contributed by atoms with E-state index in [1.165, 1.54) is 19.3 Å². The Morgan fingerprint density at radius 3 is 3.00 bits per heavy atom. The van der Waals surface area contributed by atoms with E-state index in [2.05, 4.69) is 17.6 Å². The van der Waals surface area contributed by atoms with Crippen LogP contribution >= 0.6 is 12.6 Å². The number of aliphatic imine (C=N–C) groups is 1. The summed E-state index contributed by atoms with van der Waals surface area (Å²) in [6.45, 7) is 0. The van der Waals surface area contributed by atoms with Crippen molar-refractivity contribution in [3.63, 3.8) is 0 Å². The van der Waals surface area contributed by atoms with Crippen LogP contribution in [0.25, 0.3) is 0 Å². The highest BCUT2D eigenvalue weighted by Gasteiger charge is 2.31. The zero-order valence-electron chi connectivity index (χ0n) is 5.79. The highest BCUT2D eigenvalue weighted by molar-refractivity contribution is 7.96. The van der Waals surface area contributed by atoms with Crippen LogP contribution in [0.1, 0.15) is 25.7 Å². The van der Waals surface area contributed by atoms with Gasteiger partial charge in [-0.2, -0.15) is 0 Å². The number of nitrogens with zero attached hydrogens (tertiary/aromatic N) is 1. The lowest BCUT2D eigenvalue weighted by atomic mass is 9.94. The summed E-state index contributed by atoms with van der Waals surface area (Å²) in [6, 6.07) is 0.432. The number of fused-ring (bicyclic) bond motifs is 1. The molecule has 0 unspecified atom stereocenters. The predicted molar refractivity (Wildman–Crippen MR) is 43.6 cm³/mol. The van der Waals surface area contributed by atoms with Crippen molar-refractivity contribution in [2.75, 3.05) is 0 Å². The summed E-state index contributed by atoms with van der Waals surface area (Å²) in [5, 5.41) is 0.594. The standard InChI is InChI=1S/C7H11NOS/c10-7-8-5-3-1-2-4-6(5)9-7/h5-6H,1-4H2,(H,8,10)/t5-,6-/m1/s1. The molecule has 0 bridgehead atoms. The largest absolute Gasteiger partial charge is 0.468 e. The third kappa shape index (κ3) is 1.03. The molecule has 0 aromatic rings. The second-order valence-electron chi connectivity index (χ2n) is 2.92. The Kier molecular flexibility index (Phi) is 1.60. The molecule has 1 aliphatic carbocycles. The van der Waals surface area contributed by atoms with Crippen LogP contribution in [0.15, 0.2) is 4.99 Å². The van der Waals surface area contributed by atoms with Gasteiger partial charge < -0.3 is 4.74 Å². The third-order valence-electron chi connectivity index (χ3n) is 2.20. The number of hydrogen-bond donors (Lipinski definition) is 1. The van der Waals surface area contributed by atoms with Gasteiger partial charge >= 0.3 is 0 Å². The lowest BCUT2D eigenvalue weighted by molar-refractivity contribution is 0.156. The molecule has 0 amide bonds. The summed E-state index contributed by atoms with van der Waals surface area (Å²) in [4.78, 5) is 4.27. The number of ether oxygens (including phenoxy) is 1. The monoisotopic (exact) mass is 157 g/mol. The van der Waals surface area contributed by atoms with Crippen LogP contribution in [0.5, 0.6) is 0 Å². The predicted octanol–water partition coefficient (Wildman–Crippen LogP) is 1.61. The Hall–Kier alpha value is -0.180. The van der Waals surface area contributed by atoms with Crippen LogP contribution in [0, 0.1) is 0 Å². The van der Waals surface area contributed by atoms with Crippen molar-refractivity contribution in [1.29, 1.82) is 0 Å². The quantitative estimate of drug-likeness (QED) is 0.530. The Labute approximate surface area is 66.1 Å². The molecular weight excluding hydrogens is 146 g/mol. The van der Waals surface area contributed by atoms with Gasteiger partial charge in [0.2, 0.25) is 5.23 Å². The molecule has 56 valence electrons. The first-order valence-electron chi connectivity index (χ1n) is 3.80. The van der Waals surface area contributed by atoms with E-state index in [-0.39, 0.29) is 0 Å². The highest BCUT2D eigenvalue weighted by Crippen LogP contribution is 2.28. The second-order valence-corrected chi connectivity index (χ2v) is 3.30. The molecule has 1 heterocycles. The summed E-state index contributed by atoms with van der Waals surface area (Å²) in [5.41, 5.74) is 0. The number of thiol groups is 1. The topological polar surface area (TPSA) is 21.6 Å². The fourth-order valence-electron chi connectivity index (χ4n) is 1.67. The van der Waals surface area contributed by atoms with Crippen LogP contribution in [-0.2, 0) is 4.74 Å². The normalized spacial score (nSPS) is 38.3. The first kappa shape index (κ1) is 6.53. The summed E-state index contributed by atoms with van der Waals surface area (Å²) in [5.74, 6) is 0. The molecule has 3 heteroatoms. The third-order valence-corrected chi connectivity index (χ3v) is 2.42. The highest BCUT2D eigenvalue weighted by atomic mass is 32.1. The molecule has 0 aromatic heterocycles. The molecule has 10 heavy (non-hydrogen) atoms. The molecule has 2 aliphatic rings. The van der Waals surface area contributed by atoms with Gasteiger partial charge in [0, 0.05) is 0 Å². The van der Waals surface area contributed by atoms with Crippen LogP contribution in [0.4, 0.5) is 0 Å². The molecule has 0 saturated heterocycles. The molecule has 2 atom stereocenters. The van der Waals surface area contributed by atoms with Crippen molar-refractivity contribution in [2.45, 2.75) is 37.8 Å². The SMILES string of the molecule is SC1=N[C@@H]2CCCC[C@H]2O1. The van der Waals surface area contributed by atoms with Gasteiger partial charge in [-0.1, -0.05) is 19.0 Å². The van der Waals surface area contributed by atoms with E-state index < -0.39 is 0 Å². The van der Waals surface area contributed by atoms with Gasteiger partial charge in [-0.05, 0) is 19.3 Å². The van der Waals surface area contributed by atoms with Crippen LogP contribution in [-0.4, -0.2) is 17.4 Å². The molecule has 2 nitrogen and oxygen atoms in total. The van der Waals surface area contributed by atoms with Gasteiger partial charge in [0.25, 0.3) is 0 Å². The second kappa shape index (κ2) is 2.46. The minimum Gasteiger partial charge on any atom is -0.468 e. The van der Waals surface area contributed by atoms with Gasteiger partial charge in [-0.3, -0.25) is 0 Å². The van der Waals surface area contributed by atoms with Crippen LogP contribution in [0.2, 0.25) is 0 Å². The molecule has 2 rings (SSSR count). The fraction of sp³-hybridized carbons (Fsp3) is 0.857. The van der Waals surface area contributed by atoms with Gasteiger partial charge in [-0.25, -0.2) is 4.99 Å². The maximum atomic E-state index is 5.38. The Balaban J connectivity index is 2.06. The van der Waals surface area contributed by atoms with Gasteiger partial charge in [0.05, 0.1) is 6.04 Å². The molecule has 0 spiro atoms. The van der Waals surface area contributed by atoms with Gasteiger partial charge in [0.15, 0.2) is 0 Å². The van der Waals surface area contributed by atoms with Gasteiger partial charge in [-0.15, -0.1) is 0 Å². The van der Waals surface area contributed by atoms with E-state index in [1.807, 2.05) is 0 Å². The van der Waals surface area contributed by atoms with Crippen molar-refractivity contribution in [1.82, 2.24) is 0 Å². The first-order chi connectivity index (χ1) is 4.86. The van der Waals surface area contributed by atoms with E-state index in [1.54, 1.807) is 0 Å². The maximum absolute atomic E-state index is 5.38. The zero-order valence-corrected chi connectivity index (χ0v) is 6.68. The molecule has 0 radical (unpaired) electrons. The van der Waals surface area contributed by atoms with Crippen molar-refractivity contribution in [2.24, 2.45) is 4.99 Å². The molecule has 0 N–H and O–H groups in total. The average molecular weight is 157 g/mol. The lowest BCUT2D eigenvalue weighted by Gasteiger charge is -2.21. The van der Waals surface area contributed by atoms with E-state index in [0.29, 0.717) is 17.4 Å². The van der Waals surface area contributed by atoms with E-state index >= 15 is 0 Å². The zero-order chi connectivity index (χ0) is 6.97. The van der Waals surface area contributed by atoms with Crippen LogP contribution < -0.4 is 0 Å². The van der Waals surface area contributed by atoms with E-state index in [9.17, 15) is 0 Å². The first-order valence-corrected chi connectivity index (χ1v) is 4.24. The lowest BCUT2D eigenvalue weighted by Crippen LogP contribution is -2.25. The fourth-order valence-corrected chi connectivity index (χ4v) is 1.95. The average Bonchev–Trinajstić information content (AvgIpc) is 2.27. The minimum absolute atomic E-state index is 0.362. The Morgan fingerprint density at radius 1 is 1.40 bits per heavy atom. The summed E-state index contributed by atoms with van der Waals surface area (Å²) >= 11 is 4.07. The summed E-state index contributed by atoms with van der Waals surface area (Å²) < 4.78 is 5.38. The molecule has 1 saturated carbocycles. The molecule has 1 fully saturated rings. The van der Waals surface area contributed by atoms with Crippen molar-refractivity contribution >= 4 is 17.9 Å². The smallest absolute Gasteiger partial charge is 0.243 e. The van der Waals surface area contributed by atoms with Gasteiger partial charge in [0.1, 0.15) is 6.10 Å². The van der Waals surface area contributed by atoms with Crippen LogP contribution in [0.3, 0.4) is 0 Å². The van der Waals surface area contributed by atoms with E-state index in [0.717, 1.165) is 6.42 Å². The van der Waals surface area contributed by atoms with Crippen molar-refractivity contribution < 1.29 is 4.74 Å². The van der Waals surface area contributed by atoms with E-state index in [4.69, 9.17) is 4.74 Å². The summed E-state index contributed by atoms with van der Waals surface area (Å²) in [7, 11) is 0.